The highest BCUT2D eigenvalue weighted by Gasteiger charge is 2.46. The van der Waals surface area contributed by atoms with Crippen LogP contribution < -0.4 is 4.90 Å². The summed E-state index contributed by atoms with van der Waals surface area (Å²) >= 11 is 0. The molecule has 2 aliphatic rings. The second-order valence-corrected chi connectivity index (χ2v) is 10.4. The Morgan fingerprint density at radius 2 is 1.86 bits per heavy atom. The number of sulfone groups is 1. The van der Waals surface area contributed by atoms with E-state index in [0.29, 0.717) is 0 Å². The minimum Gasteiger partial charge on any atom is -0.395 e. The van der Waals surface area contributed by atoms with E-state index in [1.54, 1.807) is 0 Å². The molecule has 0 bridgehead atoms. The van der Waals surface area contributed by atoms with Crippen LogP contribution in [0.3, 0.4) is 0 Å². The number of carbonyl (C=O) groups excluding carboxylic acids is 2. The Kier molecular flexibility index (Phi) is 6.40. The number of alkyl halides is 3. The van der Waals surface area contributed by atoms with Crippen molar-refractivity contribution >= 4 is 27.3 Å². The summed E-state index contributed by atoms with van der Waals surface area (Å²) in [5, 5.41) is 18.5. The zero-order valence-corrected chi connectivity index (χ0v) is 19.7. The van der Waals surface area contributed by atoms with Gasteiger partial charge in [-0.1, -0.05) is 12.1 Å². The molecule has 8 nitrogen and oxygen atoms in total. The Balaban J connectivity index is 1.94. The van der Waals surface area contributed by atoms with Crippen LogP contribution in [-0.4, -0.2) is 49.6 Å². The van der Waals surface area contributed by atoms with Crippen molar-refractivity contribution < 1.29 is 36.3 Å². The first-order chi connectivity index (χ1) is 16.9. The first kappa shape index (κ1) is 25.4. The molecule has 1 heterocycles. The topological polar surface area (TPSA) is 119 Å². The fraction of sp³-hybridized carbons (Fsp3) is 0.292. The number of allylic oxidation sites excluding steroid dienone is 1. The van der Waals surface area contributed by atoms with Crippen LogP contribution in [-0.2, 0) is 20.8 Å². The van der Waals surface area contributed by atoms with Gasteiger partial charge in [0, 0.05) is 24.7 Å². The number of nitrogens with zero attached hydrogens (tertiary/aromatic N) is 3. The molecular formula is C24H20F3N3O5S. The lowest BCUT2D eigenvalue weighted by Gasteiger charge is -2.41. The lowest BCUT2D eigenvalue weighted by atomic mass is 9.92. The molecule has 12 heteroatoms. The number of likely N-dealkylation sites (N-methyl/N-ethyl adjacent to an activating group) is 1. The van der Waals surface area contributed by atoms with E-state index in [9.17, 15) is 41.5 Å². The number of aliphatic hydroxyl groups is 1. The Bertz CT molecular complexity index is 1440. The number of aliphatic hydroxyl groups excluding tert-OH is 1. The number of halogens is 3. The summed E-state index contributed by atoms with van der Waals surface area (Å²) in [5.74, 6) is -1.02. The average Bonchev–Trinajstić information content (AvgIpc) is 3.20. The number of rotatable bonds is 5. The quantitative estimate of drug-likeness (QED) is 0.645. The van der Waals surface area contributed by atoms with E-state index in [-0.39, 0.29) is 51.6 Å². The molecule has 36 heavy (non-hydrogen) atoms. The Morgan fingerprint density at radius 3 is 2.50 bits per heavy atom. The van der Waals surface area contributed by atoms with Gasteiger partial charge in [0.1, 0.15) is 0 Å². The number of amides is 2. The number of urea groups is 1. The van der Waals surface area contributed by atoms with Crippen LogP contribution in [0.1, 0.15) is 35.6 Å². The largest absolute Gasteiger partial charge is 0.416 e. The van der Waals surface area contributed by atoms with Crippen LogP contribution in [0.4, 0.5) is 23.7 Å². The molecule has 1 aliphatic carbocycles. The van der Waals surface area contributed by atoms with Crippen molar-refractivity contribution in [3.8, 4) is 6.07 Å². The average molecular weight is 520 g/mol. The fourth-order valence-electron chi connectivity index (χ4n) is 4.56. The van der Waals surface area contributed by atoms with Gasteiger partial charge in [-0.25, -0.2) is 13.2 Å². The van der Waals surface area contributed by atoms with E-state index in [2.05, 4.69) is 0 Å². The molecule has 4 rings (SSSR count). The van der Waals surface area contributed by atoms with E-state index < -0.39 is 46.0 Å². The number of benzene rings is 2. The Labute approximate surface area is 204 Å². The van der Waals surface area contributed by atoms with E-state index in [0.717, 1.165) is 34.1 Å². The zero-order chi connectivity index (χ0) is 26.4. The van der Waals surface area contributed by atoms with Gasteiger partial charge in [-0.05, 0) is 42.3 Å². The summed E-state index contributed by atoms with van der Waals surface area (Å²) in [7, 11) is -2.79. The van der Waals surface area contributed by atoms with E-state index in [1.807, 2.05) is 6.07 Å². The van der Waals surface area contributed by atoms with Gasteiger partial charge in [0.05, 0.1) is 46.2 Å². The molecule has 0 spiro atoms. The Hall–Kier alpha value is -3.69. The van der Waals surface area contributed by atoms with Crippen molar-refractivity contribution in [2.45, 2.75) is 30.0 Å². The molecule has 1 N–H and O–H groups in total. The second-order valence-electron chi connectivity index (χ2n) is 8.37. The Morgan fingerprint density at radius 1 is 1.14 bits per heavy atom. The molecule has 0 saturated carbocycles. The molecule has 2 aromatic rings. The van der Waals surface area contributed by atoms with Gasteiger partial charge in [-0.2, -0.15) is 18.4 Å². The standard InChI is InChI=1S/C24H20F3N3O5S/c1-29-22(17-6-5-14(13-28)11-20(17)36(34,35)10-9-31)21-18(7-8-19(21)32)30(23(29)33)16-4-2-3-15(12-16)24(25,26)27/h2-6,11-12,22,31H,7-10H2,1H3. The van der Waals surface area contributed by atoms with E-state index in [1.165, 1.54) is 25.2 Å². The monoisotopic (exact) mass is 519 g/mol. The lowest BCUT2D eigenvalue weighted by molar-refractivity contribution is -0.137. The van der Waals surface area contributed by atoms with Crippen molar-refractivity contribution in [2.75, 3.05) is 24.3 Å². The minimum atomic E-state index is -4.65. The van der Waals surface area contributed by atoms with Crippen LogP contribution >= 0.6 is 0 Å². The van der Waals surface area contributed by atoms with Crippen LogP contribution in [0.5, 0.6) is 0 Å². The number of Topliss-reactive ketones (excluding diaryl/α,β-unsaturated/α-hetero) is 1. The van der Waals surface area contributed by atoms with Crippen molar-refractivity contribution in [1.29, 1.82) is 5.26 Å². The fourth-order valence-corrected chi connectivity index (χ4v) is 5.87. The lowest BCUT2D eigenvalue weighted by Crippen LogP contribution is -2.48. The second kappa shape index (κ2) is 9.07. The van der Waals surface area contributed by atoms with Crippen LogP contribution in [0.2, 0.25) is 0 Å². The van der Waals surface area contributed by atoms with Gasteiger partial charge in [0.2, 0.25) is 0 Å². The maximum Gasteiger partial charge on any atom is 0.416 e. The summed E-state index contributed by atoms with van der Waals surface area (Å²) in [6.07, 6.45) is -4.58. The van der Waals surface area contributed by atoms with Crippen molar-refractivity contribution in [1.82, 2.24) is 4.90 Å². The molecule has 1 unspecified atom stereocenters. The summed E-state index contributed by atoms with van der Waals surface area (Å²) in [5.41, 5.74) is -0.659. The molecule has 1 atom stereocenters. The highest BCUT2D eigenvalue weighted by molar-refractivity contribution is 7.91. The molecule has 0 saturated heterocycles. The van der Waals surface area contributed by atoms with Gasteiger partial charge >= 0.3 is 12.2 Å². The van der Waals surface area contributed by atoms with Crippen LogP contribution in [0, 0.1) is 11.3 Å². The third-order valence-corrected chi connectivity index (χ3v) is 7.93. The number of hydrogen-bond acceptors (Lipinski definition) is 6. The van der Waals surface area contributed by atoms with Crippen molar-refractivity contribution in [3.63, 3.8) is 0 Å². The summed E-state index contributed by atoms with van der Waals surface area (Å²) in [4.78, 5) is 28.4. The molecule has 1 aliphatic heterocycles. The summed E-state index contributed by atoms with van der Waals surface area (Å²) < 4.78 is 65.9. The predicted octanol–water partition coefficient (Wildman–Crippen LogP) is 3.57. The predicted molar refractivity (Wildman–Crippen MR) is 121 cm³/mol. The highest BCUT2D eigenvalue weighted by atomic mass is 32.2. The van der Waals surface area contributed by atoms with Gasteiger partial charge in [-0.15, -0.1) is 0 Å². The summed E-state index contributed by atoms with van der Waals surface area (Å²) in [6, 6.07) is 7.94. The molecule has 2 amide bonds. The first-order valence-corrected chi connectivity index (χ1v) is 12.4. The van der Waals surface area contributed by atoms with Crippen LogP contribution in [0.25, 0.3) is 0 Å². The molecule has 0 fully saturated rings. The van der Waals surface area contributed by atoms with E-state index >= 15 is 0 Å². The molecule has 0 radical (unpaired) electrons. The van der Waals surface area contributed by atoms with Gasteiger partial charge in [0.15, 0.2) is 15.6 Å². The number of nitriles is 1. The number of anilines is 1. The summed E-state index contributed by atoms with van der Waals surface area (Å²) in [6.45, 7) is -0.686. The van der Waals surface area contributed by atoms with Gasteiger partial charge in [0.25, 0.3) is 0 Å². The maximum atomic E-state index is 13.5. The maximum absolute atomic E-state index is 13.5. The van der Waals surface area contributed by atoms with E-state index in [4.69, 9.17) is 0 Å². The molecule has 2 aromatic carbocycles. The van der Waals surface area contributed by atoms with Gasteiger partial charge in [-0.3, -0.25) is 9.69 Å². The molecule has 188 valence electrons. The number of carbonyl (C=O) groups is 2. The SMILES string of the molecule is CN1C(=O)N(c2cccc(C(F)(F)F)c2)C2=C(C(=O)CC2)C1c1ccc(C#N)cc1S(=O)(=O)CCO. The zero-order valence-electron chi connectivity index (χ0n) is 18.9. The molecule has 0 aromatic heterocycles. The van der Waals surface area contributed by atoms with Crippen molar-refractivity contribution in [2.24, 2.45) is 0 Å². The third-order valence-electron chi connectivity index (χ3n) is 6.19. The van der Waals surface area contributed by atoms with Crippen LogP contribution in [0.15, 0.2) is 58.6 Å². The van der Waals surface area contributed by atoms with Crippen molar-refractivity contribution in [3.05, 3.63) is 70.4 Å². The minimum absolute atomic E-state index is 0.00719. The molecular weight excluding hydrogens is 499 g/mol. The highest BCUT2D eigenvalue weighted by Crippen LogP contribution is 2.46. The third kappa shape index (κ3) is 4.25. The normalized spacial score (nSPS) is 18.5. The van der Waals surface area contributed by atoms with Gasteiger partial charge < -0.3 is 10.0 Å². The number of ketones is 1. The number of hydrogen-bond donors (Lipinski definition) is 1. The first-order valence-electron chi connectivity index (χ1n) is 10.8. The smallest absolute Gasteiger partial charge is 0.395 e.